The Kier molecular flexibility index (Phi) is 7.79. The number of carbonyl (C=O) groups is 1. The molecular weight excluding hydrogens is 426 g/mol. The number of para-hydroxylation sites is 1. The molecular formula is C24H31N3O4S. The lowest BCUT2D eigenvalue weighted by molar-refractivity contribution is 0.0599. The van der Waals surface area contributed by atoms with Crippen LogP contribution in [-0.2, 0) is 17.0 Å². The van der Waals surface area contributed by atoms with Gasteiger partial charge in [0.05, 0.1) is 23.8 Å². The molecule has 8 heteroatoms. The molecule has 0 atom stereocenters. The van der Waals surface area contributed by atoms with Crippen molar-refractivity contribution in [1.82, 2.24) is 14.5 Å². The average Bonchev–Trinajstić information content (AvgIpc) is 3.13. The van der Waals surface area contributed by atoms with Crippen LogP contribution in [0.4, 0.5) is 0 Å². The zero-order valence-corrected chi connectivity index (χ0v) is 20.4. The molecule has 0 aliphatic carbocycles. The van der Waals surface area contributed by atoms with Crippen molar-refractivity contribution in [2.45, 2.75) is 64.2 Å². The molecule has 0 fully saturated rings. The van der Waals surface area contributed by atoms with Gasteiger partial charge in [0.1, 0.15) is 17.1 Å². The van der Waals surface area contributed by atoms with Crippen molar-refractivity contribution in [3.8, 4) is 0 Å². The quantitative estimate of drug-likeness (QED) is 0.266. The van der Waals surface area contributed by atoms with E-state index >= 15 is 0 Å². The molecule has 172 valence electrons. The average molecular weight is 458 g/mol. The Bertz CT molecular complexity index is 1140. The molecule has 0 aliphatic heterocycles. The van der Waals surface area contributed by atoms with Gasteiger partial charge in [-0.25, -0.2) is 9.78 Å². The van der Waals surface area contributed by atoms with Gasteiger partial charge in [-0.15, -0.1) is 0 Å². The van der Waals surface area contributed by atoms with E-state index in [0.29, 0.717) is 57.5 Å². The first-order chi connectivity index (χ1) is 15.2. The van der Waals surface area contributed by atoms with E-state index in [4.69, 9.17) is 14.1 Å². The Labute approximate surface area is 192 Å². The van der Waals surface area contributed by atoms with E-state index in [1.165, 1.54) is 18.9 Å². The minimum atomic E-state index is -0.425. The van der Waals surface area contributed by atoms with Crippen LogP contribution < -0.4 is 5.56 Å². The number of thioether (sulfide) groups is 1. The van der Waals surface area contributed by atoms with Crippen molar-refractivity contribution in [3.05, 3.63) is 57.8 Å². The Balaban J connectivity index is 1.92. The minimum absolute atomic E-state index is 0.0450. The van der Waals surface area contributed by atoms with Gasteiger partial charge in [-0.05, 0) is 52.8 Å². The summed E-state index contributed by atoms with van der Waals surface area (Å²) in [5.41, 5.74) is 1.04. The molecule has 0 N–H and O–H groups in total. The number of esters is 1. The van der Waals surface area contributed by atoms with Crippen LogP contribution in [0.1, 0.15) is 49.6 Å². The van der Waals surface area contributed by atoms with Crippen molar-refractivity contribution in [3.63, 3.8) is 0 Å². The fourth-order valence-corrected chi connectivity index (χ4v) is 4.75. The van der Waals surface area contributed by atoms with Crippen LogP contribution in [0.3, 0.4) is 0 Å². The van der Waals surface area contributed by atoms with Gasteiger partial charge >= 0.3 is 5.97 Å². The van der Waals surface area contributed by atoms with Crippen LogP contribution in [0.2, 0.25) is 0 Å². The first-order valence-corrected chi connectivity index (χ1v) is 11.8. The SMILES string of the molecule is COC(=O)c1cc(CSc2nc3ccccc3c(=O)n2CCN(C(C)C)C(C)C)oc1C. The fraction of sp³-hybridized carbons (Fsp3) is 0.458. The molecule has 3 rings (SSSR count). The summed E-state index contributed by atoms with van der Waals surface area (Å²) >= 11 is 1.43. The Morgan fingerprint density at radius 2 is 1.91 bits per heavy atom. The van der Waals surface area contributed by atoms with E-state index in [1.54, 1.807) is 17.6 Å². The van der Waals surface area contributed by atoms with Gasteiger partial charge < -0.3 is 9.15 Å². The van der Waals surface area contributed by atoms with Crippen molar-refractivity contribution in [1.29, 1.82) is 0 Å². The number of methoxy groups -OCH3 is 1. The van der Waals surface area contributed by atoms with E-state index in [2.05, 4.69) is 32.6 Å². The monoisotopic (exact) mass is 457 g/mol. The third kappa shape index (κ3) is 5.24. The summed E-state index contributed by atoms with van der Waals surface area (Å²) in [4.78, 5) is 32.3. The van der Waals surface area contributed by atoms with Crippen molar-refractivity contribution in [2.75, 3.05) is 13.7 Å². The van der Waals surface area contributed by atoms with Crippen LogP contribution in [0.5, 0.6) is 0 Å². The molecule has 0 unspecified atom stereocenters. The topological polar surface area (TPSA) is 77.6 Å². The number of rotatable bonds is 9. The summed E-state index contributed by atoms with van der Waals surface area (Å²) in [7, 11) is 1.35. The summed E-state index contributed by atoms with van der Waals surface area (Å²) < 4.78 is 12.3. The predicted molar refractivity (Wildman–Crippen MR) is 127 cm³/mol. The number of carbonyl (C=O) groups excluding carboxylic acids is 1. The summed E-state index contributed by atoms with van der Waals surface area (Å²) in [5, 5.41) is 1.24. The zero-order chi connectivity index (χ0) is 23.4. The Morgan fingerprint density at radius 3 is 2.56 bits per heavy atom. The van der Waals surface area contributed by atoms with E-state index < -0.39 is 5.97 Å². The summed E-state index contributed by atoms with van der Waals surface area (Å²) in [6.45, 7) is 11.7. The van der Waals surface area contributed by atoms with Crippen LogP contribution >= 0.6 is 11.8 Å². The molecule has 0 amide bonds. The van der Waals surface area contributed by atoms with Crippen LogP contribution in [0.15, 0.2) is 44.7 Å². The molecule has 2 heterocycles. The molecule has 0 saturated carbocycles. The molecule has 7 nitrogen and oxygen atoms in total. The summed E-state index contributed by atoms with van der Waals surface area (Å²) in [6, 6.07) is 9.85. The molecule has 2 aromatic heterocycles. The third-order valence-electron chi connectivity index (χ3n) is 5.45. The highest BCUT2D eigenvalue weighted by molar-refractivity contribution is 7.98. The normalized spacial score (nSPS) is 11.8. The molecule has 0 bridgehead atoms. The second kappa shape index (κ2) is 10.4. The lowest BCUT2D eigenvalue weighted by atomic mass is 10.2. The number of fused-ring (bicyclic) bond motifs is 1. The predicted octanol–water partition coefficient (Wildman–Crippen LogP) is 4.50. The summed E-state index contributed by atoms with van der Waals surface area (Å²) in [6.07, 6.45) is 0. The maximum Gasteiger partial charge on any atom is 0.341 e. The van der Waals surface area contributed by atoms with Crippen LogP contribution in [-0.4, -0.2) is 46.2 Å². The molecule has 0 spiro atoms. The number of ether oxygens (including phenoxy) is 1. The molecule has 0 saturated heterocycles. The number of aromatic nitrogens is 2. The molecule has 1 aromatic carbocycles. The van der Waals surface area contributed by atoms with Gasteiger partial charge in [0.2, 0.25) is 0 Å². The minimum Gasteiger partial charge on any atom is -0.465 e. The van der Waals surface area contributed by atoms with Crippen LogP contribution in [0.25, 0.3) is 10.9 Å². The van der Waals surface area contributed by atoms with Crippen molar-refractivity contribution in [2.24, 2.45) is 0 Å². The molecule has 32 heavy (non-hydrogen) atoms. The first kappa shape index (κ1) is 24.1. The number of benzene rings is 1. The van der Waals surface area contributed by atoms with Crippen molar-refractivity contribution >= 4 is 28.6 Å². The second-order valence-corrected chi connectivity index (χ2v) is 9.20. The van der Waals surface area contributed by atoms with E-state index in [0.717, 1.165) is 6.54 Å². The van der Waals surface area contributed by atoms with E-state index in [-0.39, 0.29) is 5.56 Å². The van der Waals surface area contributed by atoms with Gasteiger partial charge in [-0.3, -0.25) is 14.3 Å². The highest BCUT2D eigenvalue weighted by atomic mass is 32.2. The highest BCUT2D eigenvalue weighted by Crippen LogP contribution is 2.25. The highest BCUT2D eigenvalue weighted by Gasteiger charge is 2.19. The Morgan fingerprint density at radius 1 is 1.22 bits per heavy atom. The number of hydrogen-bond acceptors (Lipinski definition) is 7. The largest absolute Gasteiger partial charge is 0.465 e. The third-order valence-corrected chi connectivity index (χ3v) is 6.45. The van der Waals surface area contributed by atoms with E-state index in [1.807, 2.05) is 24.3 Å². The summed E-state index contributed by atoms with van der Waals surface area (Å²) in [5.74, 6) is 1.17. The number of nitrogens with zero attached hydrogens (tertiary/aromatic N) is 3. The number of aryl methyl sites for hydroxylation is 1. The molecule has 0 aliphatic rings. The van der Waals surface area contributed by atoms with Crippen molar-refractivity contribution < 1.29 is 13.9 Å². The fourth-order valence-electron chi connectivity index (χ4n) is 3.85. The lowest BCUT2D eigenvalue weighted by Gasteiger charge is -2.30. The second-order valence-electron chi connectivity index (χ2n) is 8.26. The van der Waals surface area contributed by atoms with Gasteiger partial charge in [0.25, 0.3) is 5.56 Å². The molecule has 3 aromatic rings. The maximum absolute atomic E-state index is 13.3. The Hall–Kier alpha value is -2.58. The number of hydrogen-bond donors (Lipinski definition) is 0. The van der Waals surface area contributed by atoms with Gasteiger partial charge in [-0.2, -0.15) is 0 Å². The maximum atomic E-state index is 13.3. The first-order valence-electron chi connectivity index (χ1n) is 10.8. The van der Waals surface area contributed by atoms with Crippen LogP contribution in [0, 0.1) is 6.92 Å². The van der Waals surface area contributed by atoms with E-state index in [9.17, 15) is 9.59 Å². The van der Waals surface area contributed by atoms with Gasteiger partial charge in [-0.1, -0.05) is 23.9 Å². The van der Waals surface area contributed by atoms with Gasteiger partial charge in [0.15, 0.2) is 5.16 Å². The standard InChI is InChI=1S/C24H31N3O4S/c1-15(2)26(16(3)4)11-12-27-22(28)19-9-7-8-10-21(19)25-24(27)32-14-18-13-20(17(5)31-18)23(29)30-6/h7-10,13,15-16H,11-12,14H2,1-6H3. The lowest BCUT2D eigenvalue weighted by Crippen LogP contribution is -2.40. The van der Waals surface area contributed by atoms with Gasteiger partial charge in [0, 0.05) is 25.2 Å². The smallest absolute Gasteiger partial charge is 0.341 e. The number of furan rings is 1. The zero-order valence-electron chi connectivity index (χ0n) is 19.5. The molecule has 0 radical (unpaired) electrons.